The van der Waals surface area contributed by atoms with Gasteiger partial charge in [0.05, 0.1) is 24.2 Å². The molecule has 0 bridgehead atoms. The predicted octanol–water partition coefficient (Wildman–Crippen LogP) is -2.91. The number of hydrazine groups is 3. The number of carbonyl (C=O) groups excluding carboxylic acids is 6. The second-order valence-corrected chi connectivity index (χ2v) is 14.1. The molecule has 4 fully saturated rings. The maximum Gasteiger partial charge on any atom is 0.334 e. The molecule has 18 nitrogen and oxygen atoms in total. The lowest BCUT2D eigenvalue weighted by molar-refractivity contribution is -0.167. The van der Waals surface area contributed by atoms with Crippen molar-refractivity contribution in [2.24, 2.45) is 5.92 Å². The number of carbonyl (C=O) groups is 6. The molecule has 4 saturated heterocycles. The number of allylic oxidation sites excluding steroid dienone is 3. The van der Waals surface area contributed by atoms with Crippen LogP contribution in [0.25, 0.3) is 0 Å². The van der Waals surface area contributed by atoms with Crippen LogP contribution in [0.15, 0.2) is 24.3 Å². The van der Waals surface area contributed by atoms with Gasteiger partial charge in [-0.1, -0.05) is 44.6 Å². The number of hydrogen-bond donors (Lipinski definition) is 8. The fourth-order valence-corrected chi connectivity index (χ4v) is 6.25. The second kappa shape index (κ2) is 17.7. The Kier molecular flexibility index (Phi) is 13.9. The van der Waals surface area contributed by atoms with Crippen LogP contribution in [0.1, 0.15) is 52.9 Å². The van der Waals surface area contributed by atoms with Gasteiger partial charge in [0, 0.05) is 32.5 Å². The number of nitrogens with one attached hydrogen (secondary N) is 5. The van der Waals surface area contributed by atoms with Crippen molar-refractivity contribution in [1.82, 2.24) is 41.9 Å². The number of aliphatic hydroxyl groups is 3. The van der Waals surface area contributed by atoms with Crippen LogP contribution in [-0.4, -0.2) is 146 Å². The average molecular weight is 741 g/mol. The normalized spacial score (nSPS) is 34.3. The Hall–Kier alpha value is -3.65. The van der Waals surface area contributed by atoms with E-state index in [9.17, 15) is 44.1 Å². The van der Waals surface area contributed by atoms with Crippen LogP contribution >= 0.6 is 11.6 Å². The van der Waals surface area contributed by atoms with Crippen LogP contribution in [-0.2, 0) is 33.5 Å². The summed E-state index contributed by atoms with van der Waals surface area (Å²) in [5.41, 5.74) is 6.17. The fraction of sp³-hybridized carbons (Fsp3) is 0.688. The van der Waals surface area contributed by atoms with Crippen molar-refractivity contribution in [2.75, 3.05) is 32.8 Å². The quantitative estimate of drug-likeness (QED) is 0.0775. The lowest BCUT2D eigenvalue weighted by atomic mass is 9.98. The lowest BCUT2D eigenvalue weighted by Crippen LogP contribution is -2.71. The lowest BCUT2D eigenvalue weighted by Gasteiger charge is -2.44. The van der Waals surface area contributed by atoms with Crippen LogP contribution in [0.4, 0.5) is 0 Å². The average Bonchev–Trinajstić information content (AvgIpc) is 3.11. The molecule has 0 radical (unpaired) electrons. The molecule has 4 aliphatic rings. The summed E-state index contributed by atoms with van der Waals surface area (Å²) in [7, 11) is 0. The molecule has 0 aromatic heterocycles. The first-order valence-electron chi connectivity index (χ1n) is 17.1. The molecule has 19 heteroatoms. The minimum Gasteiger partial charge on any atom is -0.454 e. The van der Waals surface area contributed by atoms with E-state index in [0.717, 1.165) is 28.4 Å². The van der Waals surface area contributed by atoms with Gasteiger partial charge >= 0.3 is 5.97 Å². The number of aliphatic hydroxyl groups excluding tert-OH is 3. The van der Waals surface area contributed by atoms with E-state index in [1.807, 2.05) is 26.0 Å². The van der Waals surface area contributed by atoms with Gasteiger partial charge in [0.1, 0.15) is 24.2 Å². The van der Waals surface area contributed by atoms with Gasteiger partial charge in [-0.05, 0) is 25.7 Å². The van der Waals surface area contributed by atoms with E-state index in [2.05, 4.69) is 26.9 Å². The molecule has 0 saturated carbocycles. The number of hydrogen-bond acceptors (Lipinski definition) is 13. The molecule has 0 spiro atoms. The van der Waals surface area contributed by atoms with E-state index in [4.69, 9.17) is 16.3 Å². The molecule has 9 atom stereocenters. The monoisotopic (exact) mass is 740 g/mol. The van der Waals surface area contributed by atoms with Gasteiger partial charge in [-0.3, -0.25) is 39.0 Å². The molecule has 0 aromatic carbocycles. The highest BCUT2D eigenvalue weighted by Crippen LogP contribution is 2.23. The molecule has 5 amide bonds. The van der Waals surface area contributed by atoms with Gasteiger partial charge in [0.25, 0.3) is 17.7 Å². The number of ether oxygens (including phenoxy) is 1. The molecular formula is C32H49ClN8O10. The summed E-state index contributed by atoms with van der Waals surface area (Å²) in [6.07, 6.45) is 5.40. The zero-order valence-corrected chi connectivity index (χ0v) is 29.7. The minimum atomic E-state index is -2.09. The molecule has 0 aliphatic carbocycles. The number of halogens is 1. The minimum absolute atomic E-state index is 0.0357. The summed E-state index contributed by atoms with van der Waals surface area (Å²) in [5.74, 6) is -5.00. The molecular weight excluding hydrogens is 692 g/mol. The molecule has 0 aromatic rings. The number of cyclic esters (lactones) is 1. The SMILES string of the molecule is CC[C@@H](C)/C=C/C=C/C[C@@H]1NC(=O)[C@H]2C[C@@H](O)CNN2C(=O)COC(=O)[C@](C)(CO)NC(=O)[C@@H]2C[C@H](O)CNN2C(=O)[C@H]2C[C@H](Cl)CNN2C1=O. The Bertz CT molecular complexity index is 1390. The zero-order chi connectivity index (χ0) is 37.5. The number of nitrogens with zero attached hydrogens (tertiary/aromatic N) is 3. The molecule has 4 rings (SSSR count). The zero-order valence-electron chi connectivity index (χ0n) is 28.9. The van der Waals surface area contributed by atoms with E-state index in [1.54, 1.807) is 12.2 Å². The van der Waals surface area contributed by atoms with Crippen molar-refractivity contribution in [3.63, 3.8) is 0 Å². The number of rotatable bonds is 6. The summed E-state index contributed by atoms with van der Waals surface area (Å²) < 4.78 is 5.18. The molecule has 284 valence electrons. The van der Waals surface area contributed by atoms with Crippen molar-refractivity contribution in [1.29, 1.82) is 0 Å². The van der Waals surface area contributed by atoms with Crippen molar-refractivity contribution < 1.29 is 48.8 Å². The Labute approximate surface area is 300 Å². The van der Waals surface area contributed by atoms with Gasteiger partial charge in [0.2, 0.25) is 11.8 Å². The van der Waals surface area contributed by atoms with Gasteiger partial charge < -0.3 is 30.7 Å². The Morgan fingerprint density at radius 2 is 1.49 bits per heavy atom. The molecule has 4 aliphatic heterocycles. The van der Waals surface area contributed by atoms with Gasteiger partial charge in [-0.25, -0.2) is 21.1 Å². The highest BCUT2D eigenvalue weighted by atomic mass is 35.5. The maximum absolute atomic E-state index is 14.3. The first-order valence-corrected chi connectivity index (χ1v) is 17.5. The van der Waals surface area contributed by atoms with E-state index in [0.29, 0.717) is 5.92 Å². The Morgan fingerprint density at radius 1 is 0.882 bits per heavy atom. The highest BCUT2D eigenvalue weighted by molar-refractivity contribution is 6.21. The summed E-state index contributed by atoms with van der Waals surface area (Å²) >= 11 is 6.47. The molecule has 4 heterocycles. The maximum atomic E-state index is 14.3. The Balaban J connectivity index is 1.76. The fourth-order valence-electron chi connectivity index (χ4n) is 6.01. The molecule has 0 unspecified atom stereocenters. The number of alkyl halides is 1. The summed E-state index contributed by atoms with van der Waals surface area (Å²) in [6.45, 7) is 3.20. The second-order valence-electron chi connectivity index (χ2n) is 13.5. The van der Waals surface area contributed by atoms with Crippen LogP contribution in [0.5, 0.6) is 0 Å². The third kappa shape index (κ3) is 9.82. The summed E-state index contributed by atoms with van der Waals surface area (Å²) in [5, 5.41) is 38.3. The predicted molar refractivity (Wildman–Crippen MR) is 180 cm³/mol. The third-order valence-electron chi connectivity index (χ3n) is 9.33. The molecule has 51 heavy (non-hydrogen) atoms. The summed E-state index contributed by atoms with van der Waals surface area (Å²) in [4.78, 5) is 82.6. The third-order valence-corrected chi connectivity index (χ3v) is 9.66. The van der Waals surface area contributed by atoms with Crippen molar-refractivity contribution in [2.45, 2.75) is 100 Å². The van der Waals surface area contributed by atoms with Crippen LogP contribution in [0, 0.1) is 5.92 Å². The van der Waals surface area contributed by atoms with Crippen LogP contribution in [0.2, 0.25) is 0 Å². The van der Waals surface area contributed by atoms with E-state index in [-0.39, 0.29) is 45.3 Å². The van der Waals surface area contributed by atoms with E-state index < -0.39 is 96.0 Å². The first-order chi connectivity index (χ1) is 24.2. The number of esters is 1. The topological polar surface area (TPSA) is 242 Å². The van der Waals surface area contributed by atoms with Crippen LogP contribution in [0.3, 0.4) is 0 Å². The Morgan fingerprint density at radius 3 is 2.14 bits per heavy atom. The van der Waals surface area contributed by atoms with Gasteiger partial charge in [-0.2, -0.15) is 0 Å². The first kappa shape index (κ1) is 40.1. The van der Waals surface area contributed by atoms with Gasteiger partial charge in [0.15, 0.2) is 12.1 Å². The van der Waals surface area contributed by atoms with Crippen molar-refractivity contribution >= 4 is 47.1 Å². The largest absolute Gasteiger partial charge is 0.454 e. The van der Waals surface area contributed by atoms with E-state index in [1.165, 1.54) is 0 Å². The standard InChI is InChI=1S/C32H49ClN8O10/c1-4-18(2)8-6-5-7-9-22-29(48)41-25(10-19(33)13-34-41)30(49)40-24(12-21(44)15-36-40)28(47)38-32(3,17-42)31(50)51-16-26(45)39-23(27(46)37-22)11-20(43)14-35-39/h5-8,18-25,34-36,42-44H,4,9-17H2,1-3H3,(H,37,46)(H,38,47)/b7-5+,8-6+/t18-,19+,20-,21+,22+,23-,24+,25-,32+/m1/s1. The summed E-state index contributed by atoms with van der Waals surface area (Å²) in [6, 6.07) is -5.36. The van der Waals surface area contributed by atoms with Crippen molar-refractivity contribution in [3.05, 3.63) is 24.3 Å². The van der Waals surface area contributed by atoms with Crippen LogP contribution < -0.4 is 26.9 Å². The smallest absolute Gasteiger partial charge is 0.334 e. The number of fused-ring (bicyclic) bond motifs is 3. The number of β-amino-alcohol motifs (C(OH)–C–C–N with tert-alkyl or cyclic N) is 2. The highest BCUT2D eigenvalue weighted by Gasteiger charge is 2.48. The number of amides is 5. The van der Waals surface area contributed by atoms with Gasteiger partial charge in [-0.15, -0.1) is 11.6 Å². The van der Waals surface area contributed by atoms with E-state index >= 15 is 0 Å². The van der Waals surface area contributed by atoms with Crippen molar-refractivity contribution in [3.8, 4) is 0 Å². The molecule has 8 N–H and O–H groups in total.